The summed E-state index contributed by atoms with van der Waals surface area (Å²) in [5.74, 6) is -0.0415. The average molecular weight is 354 g/mol. The molecule has 6 nitrogen and oxygen atoms in total. The van der Waals surface area contributed by atoms with Crippen LogP contribution in [0.25, 0.3) is 16.8 Å². The molecule has 2 N–H and O–H groups in total. The van der Waals surface area contributed by atoms with Crippen molar-refractivity contribution in [3.8, 4) is 5.75 Å². The maximum Gasteiger partial charge on any atom is 0.295 e. The summed E-state index contributed by atoms with van der Waals surface area (Å²) in [5.41, 5.74) is 0.749. The first-order valence-electron chi connectivity index (χ1n) is 7.26. The van der Waals surface area contributed by atoms with E-state index < -0.39 is 10.1 Å². The van der Waals surface area contributed by atoms with Gasteiger partial charge >= 0.3 is 0 Å². The van der Waals surface area contributed by atoms with E-state index in [1.807, 2.05) is 18.2 Å². The molecular weight excluding hydrogens is 340 g/mol. The Labute approximate surface area is 144 Å². The van der Waals surface area contributed by atoms with E-state index in [2.05, 4.69) is 16.8 Å². The first kappa shape index (κ1) is 16.8. The summed E-state index contributed by atoms with van der Waals surface area (Å²) in [5, 5.41) is 19.7. The molecule has 0 amide bonds. The Hall–Kier alpha value is -3.03. The fraction of sp³-hybridized carbons (Fsp3) is 0. The molecule has 126 valence electrons. The van der Waals surface area contributed by atoms with Crippen LogP contribution < -0.4 is 0 Å². The van der Waals surface area contributed by atoms with E-state index >= 15 is 0 Å². The molecule has 7 heteroatoms. The van der Waals surface area contributed by atoms with Crippen molar-refractivity contribution in [2.45, 2.75) is 4.90 Å². The number of nitrogens with zero attached hydrogens (tertiary/aromatic N) is 2. The van der Waals surface area contributed by atoms with Gasteiger partial charge in [-0.25, -0.2) is 0 Å². The number of hydrogen-bond acceptors (Lipinski definition) is 5. The highest BCUT2D eigenvalue weighted by molar-refractivity contribution is 7.86. The third-order valence-corrected chi connectivity index (χ3v) is 4.55. The maximum absolute atomic E-state index is 11.5. The Balaban J connectivity index is 2.10. The topological polar surface area (TPSA) is 99.3 Å². The zero-order chi connectivity index (χ0) is 18.0. The van der Waals surface area contributed by atoms with Gasteiger partial charge in [-0.1, -0.05) is 49.1 Å². The predicted molar refractivity (Wildman–Crippen MR) is 96.1 cm³/mol. The van der Waals surface area contributed by atoms with Gasteiger partial charge in [0.2, 0.25) is 0 Å². The summed E-state index contributed by atoms with van der Waals surface area (Å²) >= 11 is 0. The lowest BCUT2D eigenvalue weighted by atomic mass is 10.1. The third kappa shape index (κ3) is 3.42. The maximum atomic E-state index is 11.5. The highest BCUT2D eigenvalue weighted by Gasteiger charge is 2.14. The van der Waals surface area contributed by atoms with Crippen LogP contribution in [0.5, 0.6) is 5.75 Å². The average Bonchev–Trinajstić information content (AvgIpc) is 2.60. The van der Waals surface area contributed by atoms with Gasteiger partial charge in [0.05, 0.1) is 5.69 Å². The van der Waals surface area contributed by atoms with Gasteiger partial charge in [-0.3, -0.25) is 4.55 Å². The molecule has 3 rings (SSSR count). The van der Waals surface area contributed by atoms with Crippen LogP contribution in [0.4, 0.5) is 11.4 Å². The van der Waals surface area contributed by atoms with Gasteiger partial charge < -0.3 is 5.11 Å². The number of hydrogen-bond donors (Lipinski definition) is 2. The third-order valence-electron chi connectivity index (χ3n) is 3.64. The Morgan fingerprint density at radius 2 is 1.76 bits per heavy atom. The molecule has 0 aliphatic heterocycles. The molecule has 0 aliphatic carbocycles. The normalized spacial score (nSPS) is 11.9. The molecule has 0 fully saturated rings. The molecule has 3 aromatic carbocycles. The van der Waals surface area contributed by atoms with Crippen LogP contribution >= 0.6 is 0 Å². The largest absolute Gasteiger partial charge is 0.506 e. The van der Waals surface area contributed by atoms with Gasteiger partial charge in [0, 0.05) is 5.39 Å². The van der Waals surface area contributed by atoms with E-state index in [9.17, 15) is 18.1 Å². The molecule has 0 bridgehead atoms. The van der Waals surface area contributed by atoms with Crippen molar-refractivity contribution in [1.82, 2.24) is 0 Å². The number of rotatable bonds is 4. The molecule has 0 unspecified atom stereocenters. The Morgan fingerprint density at radius 3 is 2.48 bits per heavy atom. The standard InChI is InChI=1S/C18H14N2O4S/c1-2-12-7-9-14(11-17(12)25(22,23)24)19-20-18-15-6-4-3-5-13(15)8-10-16(18)21/h2-11,21H,1H2,(H,22,23,24). The minimum atomic E-state index is -4.42. The molecule has 0 saturated heterocycles. The van der Waals surface area contributed by atoms with Gasteiger partial charge in [0.15, 0.2) is 0 Å². The van der Waals surface area contributed by atoms with E-state index in [1.54, 1.807) is 12.1 Å². The fourth-order valence-electron chi connectivity index (χ4n) is 2.43. The van der Waals surface area contributed by atoms with Gasteiger partial charge in [-0.2, -0.15) is 13.5 Å². The number of aromatic hydroxyl groups is 1. The number of azo groups is 1. The number of fused-ring (bicyclic) bond motifs is 1. The Kier molecular flexibility index (Phi) is 4.35. The van der Waals surface area contributed by atoms with Crippen molar-refractivity contribution in [3.63, 3.8) is 0 Å². The van der Waals surface area contributed by atoms with E-state index in [0.29, 0.717) is 5.39 Å². The zero-order valence-electron chi connectivity index (χ0n) is 13.0. The first-order valence-corrected chi connectivity index (χ1v) is 8.70. The predicted octanol–water partition coefficient (Wildman–Crippen LogP) is 4.85. The summed E-state index contributed by atoms with van der Waals surface area (Å²) in [4.78, 5) is -0.305. The lowest BCUT2D eigenvalue weighted by Gasteiger charge is -2.05. The Morgan fingerprint density at radius 1 is 1.00 bits per heavy atom. The van der Waals surface area contributed by atoms with E-state index in [-0.39, 0.29) is 27.6 Å². The Bertz CT molecular complexity index is 1110. The van der Waals surface area contributed by atoms with Crippen molar-refractivity contribution in [3.05, 3.63) is 66.7 Å². The van der Waals surface area contributed by atoms with E-state index in [1.165, 1.54) is 30.3 Å². The van der Waals surface area contributed by atoms with E-state index in [4.69, 9.17) is 0 Å². The SMILES string of the molecule is C=Cc1ccc(N=Nc2c(O)ccc3ccccc23)cc1S(=O)(=O)O. The lowest BCUT2D eigenvalue weighted by Crippen LogP contribution is -2.00. The summed E-state index contributed by atoms with van der Waals surface area (Å²) in [6.07, 6.45) is 1.32. The smallest absolute Gasteiger partial charge is 0.295 e. The second kappa shape index (κ2) is 6.46. The molecule has 0 heterocycles. The number of phenolic OH excluding ortho intramolecular Hbond substituents is 1. The molecule has 0 spiro atoms. The van der Waals surface area contributed by atoms with Gasteiger partial charge in [-0.05, 0) is 29.1 Å². The van der Waals surface area contributed by atoms with Crippen molar-refractivity contribution in [2.75, 3.05) is 0 Å². The van der Waals surface area contributed by atoms with Crippen LogP contribution in [0.1, 0.15) is 5.56 Å². The molecule has 3 aromatic rings. The fourth-order valence-corrected chi connectivity index (χ4v) is 3.15. The minimum Gasteiger partial charge on any atom is -0.506 e. The minimum absolute atomic E-state index is 0.0415. The molecule has 0 saturated carbocycles. The molecule has 0 radical (unpaired) electrons. The van der Waals surface area contributed by atoms with Crippen molar-refractivity contribution in [1.29, 1.82) is 0 Å². The summed E-state index contributed by atoms with van der Waals surface area (Å²) < 4.78 is 32.2. The van der Waals surface area contributed by atoms with Crippen LogP contribution in [-0.2, 0) is 10.1 Å². The van der Waals surface area contributed by atoms with Crippen molar-refractivity contribution >= 4 is 38.3 Å². The number of benzene rings is 3. The molecule has 0 atom stereocenters. The van der Waals surface area contributed by atoms with Crippen LogP contribution in [0.3, 0.4) is 0 Å². The second-order valence-corrected chi connectivity index (χ2v) is 6.65. The van der Waals surface area contributed by atoms with Gasteiger partial charge in [-0.15, -0.1) is 5.11 Å². The highest BCUT2D eigenvalue weighted by atomic mass is 32.2. The van der Waals surface area contributed by atoms with Crippen LogP contribution in [-0.4, -0.2) is 18.1 Å². The first-order chi connectivity index (χ1) is 11.9. The van der Waals surface area contributed by atoms with Crippen LogP contribution in [0.15, 0.2) is 76.3 Å². The van der Waals surface area contributed by atoms with Gasteiger partial charge in [0.1, 0.15) is 16.3 Å². The highest BCUT2D eigenvalue weighted by Crippen LogP contribution is 2.36. The molecule has 0 aromatic heterocycles. The summed E-state index contributed by atoms with van der Waals surface area (Å²) in [7, 11) is -4.42. The molecule has 25 heavy (non-hydrogen) atoms. The molecule has 0 aliphatic rings. The van der Waals surface area contributed by atoms with Crippen LogP contribution in [0, 0.1) is 0 Å². The van der Waals surface area contributed by atoms with E-state index in [0.717, 1.165) is 5.39 Å². The second-order valence-electron chi connectivity index (χ2n) is 5.26. The summed E-state index contributed by atoms with van der Waals surface area (Å²) in [6, 6.07) is 14.8. The lowest BCUT2D eigenvalue weighted by molar-refractivity contribution is 0.477. The van der Waals surface area contributed by atoms with Crippen molar-refractivity contribution in [2.24, 2.45) is 10.2 Å². The van der Waals surface area contributed by atoms with Gasteiger partial charge in [0.25, 0.3) is 10.1 Å². The summed E-state index contributed by atoms with van der Waals surface area (Å²) in [6.45, 7) is 3.51. The van der Waals surface area contributed by atoms with Crippen molar-refractivity contribution < 1.29 is 18.1 Å². The zero-order valence-corrected chi connectivity index (χ0v) is 13.8. The number of phenols is 1. The van der Waals surface area contributed by atoms with Crippen LogP contribution in [0.2, 0.25) is 0 Å². The monoisotopic (exact) mass is 354 g/mol. The molecular formula is C18H14N2O4S. The quantitative estimate of drug-likeness (QED) is 0.516.